The van der Waals surface area contributed by atoms with Gasteiger partial charge in [-0.3, -0.25) is 4.79 Å². The molecule has 1 fully saturated rings. The molecule has 26 heavy (non-hydrogen) atoms. The quantitative estimate of drug-likeness (QED) is 0.625. The van der Waals surface area contributed by atoms with Crippen molar-refractivity contribution in [3.8, 4) is 0 Å². The maximum absolute atomic E-state index is 12.9. The number of ether oxygens (including phenoxy) is 1. The van der Waals surface area contributed by atoms with Crippen molar-refractivity contribution < 1.29 is 22.7 Å². The zero-order chi connectivity index (χ0) is 18.6. The van der Waals surface area contributed by atoms with Crippen molar-refractivity contribution in [2.45, 2.75) is 35.9 Å². The number of amides is 1. The topological polar surface area (TPSA) is 29.5 Å². The van der Waals surface area contributed by atoms with Crippen LogP contribution in [0.3, 0.4) is 0 Å². The number of carbonyl (C=O) groups excluding carboxylic acids is 1. The van der Waals surface area contributed by atoms with E-state index in [0.29, 0.717) is 25.3 Å². The third-order valence-electron chi connectivity index (χ3n) is 4.00. The summed E-state index contributed by atoms with van der Waals surface area (Å²) in [6.07, 6.45) is 1.91. The van der Waals surface area contributed by atoms with Crippen molar-refractivity contribution >= 4 is 29.0 Å². The van der Waals surface area contributed by atoms with Gasteiger partial charge >= 0.3 is 5.51 Å². The van der Waals surface area contributed by atoms with Gasteiger partial charge in [0.25, 0.3) is 5.91 Å². The van der Waals surface area contributed by atoms with Crippen LogP contribution in [0.25, 0.3) is 0 Å². The van der Waals surface area contributed by atoms with E-state index in [1.165, 1.54) is 24.3 Å². The maximum Gasteiger partial charge on any atom is 0.446 e. The van der Waals surface area contributed by atoms with Gasteiger partial charge in [-0.15, -0.1) is 11.3 Å². The van der Waals surface area contributed by atoms with E-state index in [-0.39, 0.29) is 28.7 Å². The first-order chi connectivity index (χ1) is 12.4. The minimum atomic E-state index is -4.34. The SMILES string of the molecule is O=C(c1ccc(SC(F)(F)F)cc1)N(Cc1cccs1)CC1CCCO1. The van der Waals surface area contributed by atoms with Crippen molar-refractivity contribution in [3.05, 3.63) is 52.2 Å². The molecule has 0 aliphatic carbocycles. The number of alkyl halides is 3. The Morgan fingerprint density at radius 3 is 2.62 bits per heavy atom. The molecule has 1 amide bonds. The predicted molar refractivity (Wildman–Crippen MR) is 96.4 cm³/mol. The van der Waals surface area contributed by atoms with E-state index in [1.807, 2.05) is 17.5 Å². The van der Waals surface area contributed by atoms with Crippen LogP contribution in [0.5, 0.6) is 0 Å². The Balaban J connectivity index is 1.72. The van der Waals surface area contributed by atoms with Crippen molar-refractivity contribution in [2.75, 3.05) is 13.2 Å². The number of nitrogens with zero attached hydrogens (tertiary/aromatic N) is 1. The molecule has 0 saturated carbocycles. The van der Waals surface area contributed by atoms with Crippen molar-refractivity contribution in [1.82, 2.24) is 4.90 Å². The van der Waals surface area contributed by atoms with Crippen LogP contribution in [-0.2, 0) is 11.3 Å². The molecule has 1 unspecified atom stereocenters. The van der Waals surface area contributed by atoms with Crippen LogP contribution >= 0.6 is 23.1 Å². The number of benzene rings is 1. The summed E-state index contributed by atoms with van der Waals surface area (Å²) in [5.41, 5.74) is -3.96. The molecule has 2 heterocycles. The molecule has 1 aromatic heterocycles. The molecule has 1 aromatic carbocycles. The van der Waals surface area contributed by atoms with E-state index in [9.17, 15) is 18.0 Å². The second-order valence-electron chi connectivity index (χ2n) is 5.97. The summed E-state index contributed by atoms with van der Waals surface area (Å²) >= 11 is 1.38. The Bertz CT molecular complexity index is 711. The number of hydrogen-bond donors (Lipinski definition) is 0. The van der Waals surface area contributed by atoms with Crippen LogP contribution in [0.2, 0.25) is 0 Å². The molecule has 0 spiro atoms. The summed E-state index contributed by atoms with van der Waals surface area (Å²) in [7, 11) is 0. The molecule has 0 radical (unpaired) electrons. The number of rotatable bonds is 6. The second kappa shape index (κ2) is 8.45. The molecule has 3 nitrogen and oxygen atoms in total. The average molecular weight is 401 g/mol. The van der Waals surface area contributed by atoms with Gasteiger partial charge in [0.2, 0.25) is 0 Å². The van der Waals surface area contributed by atoms with Gasteiger partial charge in [-0.05, 0) is 60.3 Å². The average Bonchev–Trinajstić information content (AvgIpc) is 3.27. The summed E-state index contributed by atoms with van der Waals surface area (Å²) < 4.78 is 43.0. The normalized spacial score (nSPS) is 17.4. The Morgan fingerprint density at radius 1 is 1.27 bits per heavy atom. The van der Waals surface area contributed by atoms with Gasteiger partial charge < -0.3 is 9.64 Å². The smallest absolute Gasteiger partial charge is 0.376 e. The summed E-state index contributed by atoms with van der Waals surface area (Å²) in [5, 5.41) is 1.95. The van der Waals surface area contributed by atoms with Crippen molar-refractivity contribution in [1.29, 1.82) is 0 Å². The van der Waals surface area contributed by atoms with Crippen LogP contribution in [0.15, 0.2) is 46.7 Å². The van der Waals surface area contributed by atoms with Crippen LogP contribution in [0, 0.1) is 0 Å². The highest BCUT2D eigenvalue weighted by Crippen LogP contribution is 2.36. The highest BCUT2D eigenvalue weighted by atomic mass is 32.2. The monoisotopic (exact) mass is 401 g/mol. The number of halogens is 3. The van der Waals surface area contributed by atoms with Gasteiger partial charge in [0.15, 0.2) is 0 Å². The lowest BCUT2D eigenvalue weighted by Gasteiger charge is -2.25. The first-order valence-electron chi connectivity index (χ1n) is 8.20. The molecule has 1 atom stereocenters. The molecule has 1 aliphatic heterocycles. The predicted octanol–water partition coefficient (Wildman–Crippen LogP) is 5.18. The minimum Gasteiger partial charge on any atom is -0.376 e. The molecule has 2 aromatic rings. The summed E-state index contributed by atoms with van der Waals surface area (Å²) in [6.45, 7) is 1.65. The molecule has 140 valence electrons. The standard InChI is InChI=1S/C18H18F3NO2S2/c19-18(20,21)26-15-7-5-13(6-8-15)17(23)22(11-14-3-1-9-24-14)12-16-4-2-10-25-16/h2,4-8,10,14H,1,3,9,11-12H2. The Kier molecular flexibility index (Phi) is 6.26. The second-order valence-corrected chi connectivity index (χ2v) is 8.14. The van der Waals surface area contributed by atoms with E-state index in [1.54, 1.807) is 16.2 Å². The van der Waals surface area contributed by atoms with Gasteiger partial charge in [0.05, 0.1) is 12.6 Å². The lowest BCUT2D eigenvalue weighted by atomic mass is 10.1. The Labute approximate surface area is 158 Å². The third-order valence-corrected chi connectivity index (χ3v) is 5.60. The van der Waals surface area contributed by atoms with Crippen LogP contribution in [0.1, 0.15) is 28.1 Å². The molecular weight excluding hydrogens is 383 g/mol. The van der Waals surface area contributed by atoms with E-state index in [2.05, 4.69) is 0 Å². The summed E-state index contributed by atoms with van der Waals surface area (Å²) in [6, 6.07) is 9.46. The van der Waals surface area contributed by atoms with Gasteiger partial charge in [0.1, 0.15) is 0 Å². The molecule has 1 aliphatic rings. The van der Waals surface area contributed by atoms with E-state index < -0.39 is 5.51 Å². The fraction of sp³-hybridized carbons (Fsp3) is 0.389. The first-order valence-corrected chi connectivity index (χ1v) is 9.89. The summed E-state index contributed by atoms with van der Waals surface area (Å²) in [4.78, 5) is 15.7. The maximum atomic E-state index is 12.9. The largest absolute Gasteiger partial charge is 0.446 e. The fourth-order valence-corrected chi connectivity index (χ4v) is 4.08. The first kappa shape index (κ1) is 19.3. The molecule has 3 rings (SSSR count). The van der Waals surface area contributed by atoms with Crippen LogP contribution in [0.4, 0.5) is 13.2 Å². The lowest BCUT2D eigenvalue weighted by molar-refractivity contribution is -0.0328. The van der Waals surface area contributed by atoms with E-state index >= 15 is 0 Å². The number of thioether (sulfide) groups is 1. The molecule has 8 heteroatoms. The third kappa shape index (κ3) is 5.49. The molecule has 0 bridgehead atoms. The highest BCUT2D eigenvalue weighted by Gasteiger charge is 2.29. The van der Waals surface area contributed by atoms with Gasteiger partial charge in [0, 0.05) is 28.5 Å². The zero-order valence-electron chi connectivity index (χ0n) is 13.9. The van der Waals surface area contributed by atoms with Crippen molar-refractivity contribution in [3.63, 3.8) is 0 Å². The number of carbonyl (C=O) groups is 1. The Hall–Kier alpha value is -1.51. The number of thiophene rings is 1. The minimum absolute atomic E-state index is 0.0129. The van der Waals surface area contributed by atoms with Crippen LogP contribution in [-0.4, -0.2) is 35.6 Å². The van der Waals surface area contributed by atoms with Gasteiger partial charge in [-0.25, -0.2) is 0 Å². The lowest BCUT2D eigenvalue weighted by Crippen LogP contribution is -2.36. The molecule has 1 saturated heterocycles. The van der Waals surface area contributed by atoms with E-state index in [0.717, 1.165) is 17.7 Å². The molecule has 0 N–H and O–H groups in total. The zero-order valence-corrected chi connectivity index (χ0v) is 15.5. The van der Waals surface area contributed by atoms with Crippen LogP contribution < -0.4 is 0 Å². The molecular formula is C18H18F3NO2S2. The number of hydrogen-bond acceptors (Lipinski definition) is 4. The van der Waals surface area contributed by atoms with Gasteiger partial charge in [-0.2, -0.15) is 13.2 Å². The highest BCUT2D eigenvalue weighted by molar-refractivity contribution is 8.00. The van der Waals surface area contributed by atoms with Crippen molar-refractivity contribution in [2.24, 2.45) is 0 Å². The van der Waals surface area contributed by atoms with Gasteiger partial charge in [-0.1, -0.05) is 6.07 Å². The fourth-order valence-electron chi connectivity index (χ4n) is 2.83. The van der Waals surface area contributed by atoms with E-state index in [4.69, 9.17) is 4.74 Å². The Morgan fingerprint density at radius 2 is 2.04 bits per heavy atom. The summed E-state index contributed by atoms with van der Waals surface area (Å²) in [5.74, 6) is -0.197.